The Hall–Kier alpha value is -1.02. The molecule has 1 atom stereocenters. The normalized spacial score (nSPS) is 24.6. The van der Waals surface area contributed by atoms with Crippen LogP contribution in [0.15, 0.2) is 24.3 Å². The van der Waals surface area contributed by atoms with Crippen LogP contribution >= 0.6 is 0 Å². The average molecular weight is 286 g/mol. The highest BCUT2D eigenvalue weighted by Crippen LogP contribution is 2.38. The predicted molar refractivity (Wildman–Crippen MR) is 91.0 cm³/mol. The molecule has 0 amide bonds. The van der Waals surface area contributed by atoms with E-state index >= 15 is 0 Å². The van der Waals surface area contributed by atoms with E-state index in [1.807, 2.05) is 0 Å². The van der Waals surface area contributed by atoms with E-state index in [9.17, 15) is 0 Å². The van der Waals surface area contributed by atoms with Crippen molar-refractivity contribution in [2.45, 2.75) is 51.9 Å². The largest absolute Gasteiger partial charge is 0.384 e. The highest BCUT2D eigenvalue weighted by atomic mass is 15.1. The lowest BCUT2D eigenvalue weighted by Crippen LogP contribution is -2.40. The van der Waals surface area contributed by atoms with Crippen molar-refractivity contribution in [2.75, 3.05) is 31.5 Å². The molecule has 2 heteroatoms. The Morgan fingerprint density at radius 2 is 1.86 bits per heavy atom. The van der Waals surface area contributed by atoms with Crippen LogP contribution in [0.25, 0.3) is 0 Å². The van der Waals surface area contributed by atoms with E-state index in [1.54, 1.807) is 0 Å². The van der Waals surface area contributed by atoms with E-state index < -0.39 is 0 Å². The van der Waals surface area contributed by atoms with Gasteiger partial charge in [0.1, 0.15) is 0 Å². The number of hydrogen-bond donors (Lipinski definition) is 1. The molecule has 116 valence electrons. The minimum absolute atomic E-state index is 0.651. The summed E-state index contributed by atoms with van der Waals surface area (Å²) >= 11 is 0. The molecule has 2 aliphatic rings. The lowest BCUT2D eigenvalue weighted by atomic mass is 9.74. The van der Waals surface area contributed by atoms with Crippen molar-refractivity contribution in [1.82, 2.24) is 4.90 Å². The van der Waals surface area contributed by atoms with Gasteiger partial charge in [-0.25, -0.2) is 0 Å². The lowest BCUT2D eigenvalue weighted by molar-refractivity contribution is 0.0937. The number of rotatable bonds is 5. The molecular weight excluding hydrogens is 256 g/mol. The quantitative estimate of drug-likeness (QED) is 0.858. The van der Waals surface area contributed by atoms with Gasteiger partial charge >= 0.3 is 0 Å². The van der Waals surface area contributed by atoms with E-state index in [-0.39, 0.29) is 0 Å². The molecule has 0 aliphatic carbocycles. The van der Waals surface area contributed by atoms with Crippen molar-refractivity contribution in [3.63, 3.8) is 0 Å². The van der Waals surface area contributed by atoms with E-state index in [2.05, 4.69) is 48.3 Å². The summed E-state index contributed by atoms with van der Waals surface area (Å²) in [4.78, 5) is 2.70. The molecule has 0 spiro atoms. The van der Waals surface area contributed by atoms with Crippen LogP contribution in [-0.4, -0.2) is 31.1 Å². The lowest BCUT2D eigenvalue weighted by Gasteiger charge is -2.41. The summed E-state index contributed by atoms with van der Waals surface area (Å²) in [5.74, 6) is 0.713. The van der Waals surface area contributed by atoms with Crippen molar-refractivity contribution in [1.29, 1.82) is 0 Å². The summed E-state index contributed by atoms with van der Waals surface area (Å²) in [7, 11) is 0. The SMILES string of the molecule is CCC1(CC)CCN(CCC2CNc3ccccc32)CC1. The van der Waals surface area contributed by atoms with Gasteiger partial charge in [0.2, 0.25) is 0 Å². The zero-order valence-electron chi connectivity index (χ0n) is 13.7. The van der Waals surface area contributed by atoms with Crippen LogP contribution < -0.4 is 5.32 Å². The Morgan fingerprint density at radius 1 is 1.14 bits per heavy atom. The van der Waals surface area contributed by atoms with Crippen LogP contribution in [0, 0.1) is 5.41 Å². The molecule has 1 fully saturated rings. The van der Waals surface area contributed by atoms with Crippen LogP contribution in [0.1, 0.15) is 57.4 Å². The predicted octanol–water partition coefficient (Wildman–Crippen LogP) is 4.49. The van der Waals surface area contributed by atoms with Crippen LogP contribution in [0.3, 0.4) is 0 Å². The van der Waals surface area contributed by atoms with Gasteiger partial charge in [0.25, 0.3) is 0 Å². The maximum Gasteiger partial charge on any atom is 0.0376 e. The molecular formula is C19H30N2. The first-order valence-corrected chi connectivity index (χ1v) is 8.81. The van der Waals surface area contributed by atoms with Crippen molar-refractivity contribution in [2.24, 2.45) is 5.41 Å². The molecule has 2 nitrogen and oxygen atoms in total. The zero-order valence-corrected chi connectivity index (χ0v) is 13.7. The first-order chi connectivity index (χ1) is 10.3. The number of anilines is 1. The third-order valence-corrected chi connectivity index (χ3v) is 6.15. The Kier molecular flexibility index (Phi) is 4.54. The second kappa shape index (κ2) is 6.39. The summed E-state index contributed by atoms with van der Waals surface area (Å²) in [6, 6.07) is 8.83. The van der Waals surface area contributed by atoms with Gasteiger partial charge in [-0.3, -0.25) is 0 Å². The molecule has 2 aliphatic heterocycles. The maximum atomic E-state index is 3.55. The fourth-order valence-corrected chi connectivity index (χ4v) is 4.16. The molecule has 1 saturated heterocycles. The third kappa shape index (κ3) is 3.11. The third-order valence-electron chi connectivity index (χ3n) is 6.15. The average Bonchev–Trinajstić information content (AvgIpc) is 2.97. The van der Waals surface area contributed by atoms with E-state index in [1.165, 1.54) is 63.0 Å². The molecule has 1 N–H and O–H groups in total. The number of piperidine rings is 1. The molecule has 1 aromatic carbocycles. The molecule has 2 heterocycles. The smallest absolute Gasteiger partial charge is 0.0376 e. The number of likely N-dealkylation sites (tertiary alicyclic amines) is 1. The topological polar surface area (TPSA) is 15.3 Å². The van der Waals surface area contributed by atoms with E-state index in [4.69, 9.17) is 0 Å². The summed E-state index contributed by atoms with van der Waals surface area (Å²) in [6.45, 7) is 9.76. The number of nitrogens with zero attached hydrogens (tertiary/aromatic N) is 1. The first kappa shape index (κ1) is 14.9. The van der Waals surface area contributed by atoms with Crippen LogP contribution in [0.2, 0.25) is 0 Å². The molecule has 0 aromatic heterocycles. The monoisotopic (exact) mass is 286 g/mol. The molecule has 0 bridgehead atoms. The first-order valence-electron chi connectivity index (χ1n) is 8.81. The van der Waals surface area contributed by atoms with Gasteiger partial charge in [-0.05, 0) is 55.9 Å². The summed E-state index contributed by atoms with van der Waals surface area (Å²) < 4.78 is 0. The Bertz CT molecular complexity index is 454. The minimum Gasteiger partial charge on any atom is -0.384 e. The number of nitrogens with one attached hydrogen (secondary N) is 1. The zero-order chi connectivity index (χ0) is 14.7. The highest BCUT2D eigenvalue weighted by molar-refractivity contribution is 5.57. The van der Waals surface area contributed by atoms with Gasteiger partial charge in [-0.15, -0.1) is 0 Å². The van der Waals surface area contributed by atoms with Crippen molar-refractivity contribution in [3.05, 3.63) is 29.8 Å². The van der Waals surface area contributed by atoms with Crippen LogP contribution in [-0.2, 0) is 0 Å². The van der Waals surface area contributed by atoms with Crippen LogP contribution in [0.4, 0.5) is 5.69 Å². The number of para-hydroxylation sites is 1. The second-order valence-corrected chi connectivity index (χ2v) is 7.00. The van der Waals surface area contributed by atoms with E-state index in [0.717, 1.165) is 6.54 Å². The van der Waals surface area contributed by atoms with Gasteiger partial charge in [-0.2, -0.15) is 0 Å². The van der Waals surface area contributed by atoms with Gasteiger partial charge in [-0.1, -0.05) is 44.9 Å². The summed E-state index contributed by atoms with van der Waals surface area (Å²) in [5.41, 5.74) is 3.54. The molecule has 21 heavy (non-hydrogen) atoms. The Labute approximate surface area is 129 Å². The Balaban J connectivity index is 1.49. The van der Waals surface area contributed by atoms with Crippen molar-refractivity contribution in [3.8, 4) is 0 Å². The molecule has 0 radical (unpaired) electrons. The van der Waals surface area contributed by atoms with Gasteiger partial charge in [0.15, 0.2) is 0 Å². The Morgan fingerprint density at radius 3 is 2.57 bits per heavy atom. The number of benzene rings is 1. The van der Waals surface area contributed by atoms with Gasteiger partial charge in [0, 0.05) is 18.2 Å². The van der Waals surface area contributed by atoms with Crippen LogP contribution in [0.5, 0.6) is 0 Å². The van der Waals surface area contributed by atoms with Crippen molar-refractivity contribution < 1.29 is 0 Å². The number of fused-ring (bicyclic) bond motifs is 1. The van der Waals surface area contributed by atoms with E-state index in [0.29, 0.717) is 11.3 Å². The van der Waals surface area contributed by atoms with Gasteiger partial charge in [0.05, 0.1) is 0 Å². The summed E-state index contributed by atoms with van der Waals surface area (Å²) in [6.07, 6.45) is 6.82. The molecule has 0 saturated carbocycles. The van der Waals surface area contributed by atoms with Gasteiger partial charge < -0.3 is 10.2 Å². The fourth-order valence-electron chi connectivity index (χ4n) is 4.16. The number of hydrogen-bond acceptors (Lipinski definition) is 2. The highest BCUT2D eigenvalue weighted by Gasteiger charge is 2.31. The molecule has 1 unspecified atom stereocenters. The maximum absolute atomic E-state index is 3.55. The summed E-state index contributed by atoms with van der Waals surface area (Å²) in [5, 5.41) is 3.55. The molecule has 1 aromatic rings. The minimum atomic E-state index is 0.651. The van der Waals surface area contributed by atoms with Crippen molar-refractivity contribution >= 4 is 5.69 Å². The standard InChI is InChI=1S/C19H30N2/c1-3-19(4-2)10-13-21(14-11-19)12-9-16-15-20-18-8-6-5-7-17(16)18/h5-8,16,20H,3-4,9-15H2,1-2H3. The second-order valence-electron chi connectivity index (χ2n) is 7.00. The fraction of sp³-hybridized carbons (Fsp3) is 0.684. The molecule has 3 rings (SSSR count).